The molecule has 1 aromatic rings. The number of imidazole rings is 1. The van der Waals surface area contributed by atoms with Crippen LogP contribution in [0.15, 0.2) is 12.4 Å². The number of hydrogen-bond acceptors (Lipinski definition) is 2. The third-order valence-electron chi connectivity index (χ3n) is 1.92. The number of hydrogen-bond donors (Lipinski definition) is 0. The van der Waals surface area contributed by atoms with Crippen molar-refractivity contribution in [3.8, 4) is 0 Å². The molecule has 1 heterocycles. The molecule has 68 valence electrons. The maximum Gasteiger partial charge on any atom is 0.105 e. The molecule has 0 unspecified atom stereocenters. The monoisotopic (exact) mass is 184 g/mol. The largest absolute Gasteiger partial charge is 0.335 e. The molecule has 0 N–H and O–H groups in total. The van der Waals surface area contributed by atoms with Gasteiger partial charge in [0.05, 0.1) is 0 Å². The molecule has 0 bridgehead atoms. The van der Waals surface area contributed by atoms with Crippen LogP contribution in [0.5, 0.6) is 0 Å². The summed E-state index contributed by atoms with van der Waals surface area (Å²) >= 11 is 1.92. The van der Waals surface area contributed by atoms with Gasteiger partial charge in [-0.2, -0.15) is 11.8 Å². The Balaban J connectivity index is 2.20. The van der Waals surface area contributed by atoms with Gasteiger partial charge in [-0.05, 0) is 31.8 Å². The van der Waals surface area contributed by atoms with Crippen LogP contribution < -0.4 is 0 Å². The summed E-state index contributed by atoms with van der Waals surface area (Å²) in [5.74, 6) is 2.40. The molecule has 3 heteroatoms. The molecule has 0 radical (unpaired) electrons. The Morgan fingerprint density at radius 2 is 2.33 bits per heavy atom. The standard InChI is InChI=1S/C9H16N2S/c1-9-10-5-7-11(9)6-3-4-8-12-2/h5,7H,3-4,6,8H2,1-2H3. The third kappa shape index (κ3) is 2.89. The number of rotatable bonds is 5. The van der Waals surface area contributed by atoms with Crippen LogP contribution in [0.2, 0.25) is 0 Å². The van der Waals surface area contributed by atoms with E-state index in [1.165, 1.54) is 18.6 Å². The maximum absolute atomic E-state index is 4.17. The summed E-state index contributed by atoms with van der Waals surface area (Å²) in [6, 6.07) is 0. The topological polar surface area (TPSA) is 17.8 Å². The van der Waals surface area contributed by atoms with E-state index in [0.29, 0.717) is 0 Å². The van der Waals surface area contributed by atoms with Crippen molar-refractivity contribution >= 4 is 11.8 Å². The first-order chi connectivity index (χ1) is 5.84. The fourth-order valence-electron chi connectivity index (χ4n) is 1.17. The highest BCUT2D eigenvalue weighted by Gasteiger charge is 1.94. The van der Waals surface area contributed by atoms with Crippen molar-refractivity contribution in [3.05, 3.63) is 18.2 Å². The van der Waals surface area contributed by atoms with E-state index in [9.17, 15) is 0 Å². The summed E-state index contributed by atoms with van der Waals surface area (Å²) in [6.07, 6.45) is 8.64. The van der Waals surface area contributed by atoms with Crippen LogP contribution in [0.3, 0.4) is 0 Å². The van der Waals surface area contributed by atoms with Crippen LogP contribution in [0.25, 0.3) is 0 Å². The molecule has 0 spiro atoms. The molecule has 0 atom stereocenters. The van der Waals surface area contributed by atoms with Crippen molar-refractivity contribution < 1.29 is 0 Å². The SMILES string of the molecule is CSCCCCn1ccnc1C. The van der Waals surface area contributed by atoms with Crippen molar-refractivity contribution in [3.63, 3.8) is 0 Å². The molecule has 1 aromatic heterocycles. The molecule has 0 amide bonds. The number of nitrogens with zero attached hydrogens (tertiary/aromatic N) is 2. The molecule has 0 aliphatic carbocycles. The van der Waals surface area contributed by atoms with E-state index in [-0.39, 0.29) is 0 Å². The van der Waals surface area contributed by atoms with E-state index in [2.05, 4.69) is 28.9 Å². The third-order valence-corrected chi connectivity index (χ3v) is 2.62. The molecular formula is C9H16N2S. The zero-order chi connectivity index (χ0) is 8.81. The van der Waals surface area contributed by atoms with Gasteiger partial charge in [0.15, 0.2) is 0 Å². The number of aromatic nitrogens is 2. The van der Waals surface area contributed by atoms with Gasteiger partial charge in [-0.15, -0.1) is 0 Å². The normalized spacial score (nSPS) is 10.5. The van der Waals surface area contributed by atoms with Crippen molar-refractivity contribution in [1.29, 1.82) is 0 Å². The van der Waals surface area contributed by atoms with Crippen LogP contribution in [-0.2, 0) is 6.54 Å². The van der Waals surface area contributed by atoms with Gasteiger partial charge < -0.3 is 4.57 Å². The quantitative estimate of drug-likeness (QED) is 0.654. The first kappa shape index (κ1) is 9.65. The molecule has 0 aliphatic rings. The summed E-state index contributed by atoms with van der Waals surface area (Å²) in [7, 11) is 0. The van der Waals surface area contributed by atoms with Crippen molar-refractivity contribution in [2.75, 3.05) is 12.0 Å². The molecule has 12 heavy (non-hydrogen) atoms. The van der Waals surface area contributed by atoms with Crippen molar-refractivity contribution in [2.45, 2.75) is 26.3 Å². The lowest BCUT2D eigenvalue weighted by Gasteiger charge is -2.03. The maximum atomic E-state index is 4.17. The smallest absolute Gasteiger partial charge is 0.105 e. The average Bonchev–Trinajstić information content (AvgIpc) is 2.46. The van der Waals surface area contributed by atoms with Crippen LogP contribution >= 0.6 is 11.8 Å². The molecule has 2 nitrogen and oxygen atoms in total. The summed E-state index contributed by atoms with van der Waals surface area (Å²) in [6.45, 7) is 3.17. The predicted molar refractivity (Wildman–Crippen MR) is 54.6 cm³/mol. The first-order valence-electron chi connectivity index (χ1n) is 4.31. The first-order valence-corrected chi connectivity index (χ1v) is 5.70. The summed E-state index contributed by atoms with van der Waals surface area (Å²) in [5, 5.41) is 0. The van der Waals surface area contributed by atoms with Gasteiger partial charge in [-0.3, -0.25) is 0 Å². The average molecular weight is 184 g/mol. The lowest BCUT2D eigenvalue weighted by molar-refractivity contribution is 0.619. The van der Waals surface area contributed by atoms with E-state index in [1.54, 1.807) is 0 Å². The summed E-state index contributed by atoms with van der Waals surface area (Å²) in [5.41, 5.74) is 0. The number of unbranched alkanes of at least 4 members (excludes halogenated alkanes) is 1. The Kier molecular flexibility index (Phi) is 4.22. The lowest BCUT2D eigenvalue weighted by atomic mass is 10.3. The Morgan fingerprint density at radius 3 is 2.92 bits per heavy atom. The minimum atomic E-state index is 1.12. The lowest BCUT2D eigenvalue weighted by Crippen LogP contribution is -1.99. The van der Waals surface area contributed by atoms with E-state index in [1.807, 2.05) is 18.0 Å². The molecule has 0 saturated carbocycles. The zero-order valence-electron chi connectivity index (χ0n) is 7.79. The highest BCUT2D eigenvalue weighted by Crippen LogP contribution is 2.03. The fourth-order valence-corrected chi connectivity index (χ4v) is 1.66. The van der Waals surface area contributed by atoms with Gasteiger partial charge >= 0.3 is 0 Å². The zero-order valence-corrected chi connectivity index (χ0v) is 8.60. The number of thioether (sulfide) groups is 1. The minimum Gasteiger partial charge on any atom is -0.335 e. The van der Waals surface area contributed by atoms with Crippen LogP contribution in [0, 0.1) is 6.92 Å². The minimum absolute atomic E-state index is 1.12. The van der Waals surface area contributed by atoms with Crippen LogP contribution in [-0.4, -0.2) is 21.6 Å². The molecule has 0 aromatic carbocycles. The van der Waals surface area contributed by atoms with E-state index < -0.39 is 0 Å². The fraction of sp³-hybridized carbons (Fsp3) is 0.667. The highest BCUT2D eigenvalue weighted by atomic mass is 32.2. The second-order valence-electron chi connectivity index (χ2n) is 2.87. The van der Waals surface area contributed by atoms with Crippen molar-refractivity contribution in [2.24, 2.45) is 0 Å². The highest BCUT2D eigenvalue weighted by molar-refractivity contribution is 7.98. The molecular weight excluding hydrogens is 168 g/mol. The van der Waals surface area contributed by atoms with Crippen LogP contribution in [0.4, 0.5) is 0 Å². The second kappa shape index (κ2) is 5.25. The van der Waals surface area contributed by atoms with Gasteiger partial charge in [0.1, 0.15) is 5.82 Å². The van der Waals surface area contributed by atoms with E-state index in [0.717, 1.165) is 12.4 Å². The Hall–Kier alpha value is -0.440. The van der Waals surface area contributed by atoms with Crippen LogP contribution in [0.1, 0.15) is 18.7 Å². The summed E-state index contributed by atoms with van der Waals surface area (Å²) < 4.78 is 2.21. The van der Waals surface area contributed by atoms with Gasteiger partial charge in [-0.1, -0.05) is 0 Å². The molecule has 0 saturated heterocycles. The molecule has 0 fully saturated rings. The Labute approximate surface area is 78.4 Å². The molecule has 1 rings (SSSR count). The molecule has 0 aliphatic heterocycles. The van der Waals surface area contributed by atoms with E-state index in [4.69, 9.17) is 0 Å². The second-order valence-corrected chi connectivity index (χ2v) is 3.85. The predicted octanol–water partition coefficient (Wildman–Crippen LogP) is 2.33. The number of aryl methyl sites for hydroxylation is 2. The van der Waals surface area contributed by atoms with Gasteiger partial charge in [0.25, 0.3) is 0 Å². The van der Waals surface area contributed by atoms with E-state index >= 15 is 0 Å². The Bertz CT molecular complexity index is 220. The Morgan fingerprint density at radius 1 is 1.50 bits per heavy atom. The van der Waals surface area contributed by atoms with Crippen molar-refractivity contribution in [1.82, 2.24) is 9.55 Å². The van der Waals surface area contributed by atoms with Gasteiger partial charge in [-0.25, -0.2) is 4.98 Å². The summed E-state index contributed by atoms with van der Waals surface area (Å²) in [4.78, 5) is 4.17. The van der Waals surface area contributed by atoms with Gasteiger partial charge in [0, 0.05) is 18.9 Å². The van der Waals surface area contributed by atoms with Gasteiger partial charge in [0.2, 0.25) is 0 Å².